The van der Waals surface area contributed by atoms with Crippen LogP contribution in [0.4, 0.5) is 15.8 Å². The fraction of sp³-hybridized carbons (Fsp3) is 0.438. The molecule has 114 valence electrons. The lowest BCUT2D eigenvalue weighted by molar-refractivity contribution is 0.372. The van der Waals surface area contributed by atoms with Gasteiger partial charge in [0.1, 0.15) is 5.69 Å². The monoisotopic (exact) mass is 290 g/mol. The van der Waals surface area contributed by atoms with E-state index in [1.54, 1.807) is 6.20 Å². The number of hydrogen-bond donors (Lipinski definition) is 1. The molecule has 4 nitrogen and oxygen atoms in total. The van der Waals surface area contributed by atoms with Gasteiger partial charge in [-0.05, 0) is 46.1 Å². The average Bonchev–Trinajstić information content (AvgIpc) is 2.42. The summed E-state index contributed by atoms with van der Waals surface area (Å²) in [4.78, 5) is 8.50. The second kappa shape index (κ2) is 6.26. The van der Waals surface area contributed by atoms with Gasteiger partial charge in [-0.3, -0.25) is 4.98 Å². The first-order chi connectivity index (χ1) is 9.95. The summed E-state index contributed by atoms with van der Waals surface area (Å²) < 4.78 is 14.5. The van der Waals surface area contributed by atoms with Crippen LogP contribution in [0.2, 0.25) is 0 Å². The van der Waals surface area contributed by atoms with Gasteiger partial charge in [0.25, 0.3) is 0 Å². The molecule has 1 heterocycles. The highest BCUT2D eigenvalue weighted by atomic mass is 19.1. The Morgan fingerprint density at radius 1 is 1.38 bits per heavy atom. The van der Waals surface area contributed by atoms with Crippen LogP contribution in [0.3, 0.4) is 0 Å². The van der Waals surface area contributed by atoms with E-state index in [-0.39, 0.29) is 11.9 Å². The molecule has 0 aliphatic rings. The Balaban J connectivity index is 2.58. The highest BCUT2D eigenvalue weighted by Gasteiger charge is 2.21. The molecule has 5 heteroatoms. The lowest BCUT2D eigenvalue weighted by atomic mass is 10.1. The fourth-order valence-electron chi connectivity index (χ4n) is 2.81. The third kappa shape index (κ3) is 3.08. The molecule has 0 spiro atoms. The van der Waals surface area contributed by atoms with Gasteiger partial charge in [-0.15, -0.1) is 0 Å². The van der Waals surface area contributed by atoms with Crippen LogP contribution >= 0.6 is 0 Å². The zero-order valence-corrected chi connectivity index (χ0v) is 13.1. The van der Waals surface area contributed by atoms with Crippen LogP contribution in [0.15, 0.2) is 24.4 Å². The summed E-state index contributed by atoms with van der Waals surface area (Å²) in [5, 5.41) is 0.796. The van der Waals surface area contributed by atoms with Gasteiger partial charge in [-0.25, -0.2) is 4.39 Å². The van der Waals surface area contributed by atoms with Crippen molar-refractivity contribution in [3.05, 3.63) is 30.2 Å². The molecule has 0 amide bonds. The number of halogens is 1. The summed E-state index contributed by atoms with van der Waals surface area (Å²) in [6, 6.07) is 5.27. The standard InChI is InChI=1S/C16H23FN4/c1-5-21(11(2)10-20(3)4)16-13(17)9-14(18)12-7-6-8-19-15(12)16/h6-9,11H,5,10,18H2,1-4H3. The van der Waals surface area contributed by atoms with Crippen LogP contribution in [0.5, 0.6) is 0 Å². The van der Waals surface area contributed by atoms with Gasteiger partial charge in [0.15, 0.2) is 5.82 Å². The lowest BCUT2D eigenvalue weighted by Crippen LogP contribution is -2.40. The third-order valence-electron chi connectivity index (χ3n) is 3.64. The molecule has 0 saturated carbocycles. The molecule has 0 aliphatic heterocycles. The van der Waals surface area contributed by atoms with Gasteiger partial charge < -0.3 is 15.5 Å². The van der Waals surface area contributed by atoms with E-state index in [2.05, 4.69) is 16.8 Å². The van der Waals surface area contributed by atoms with Crippen LogP contribution in [0, 0.1) is 5.82 Å². The van der Waals surface area contributed by atoms with E-state index in [4.69, 9.17) is 5.73 Å². The zero-order chi connectivity index (χ0) is 15.6. The molecule has 2 N–H and O–H groups in total. The second-order valence-electron chi connectivity index (χ2n) is 5.59. The van der Waals surface area contributed by atoms with E-state index in [9.17, 15) is 4.39 Å². The van der Waals surface area contributed by atoms with Crippen molar-refractivity contribution in [2.75, 3.05) is 37.8 Å². The minimum atomic E-state index is -0.314. The van der Waals surface area contributed by atoms with Crippen molar-refractivity contribution in [3.8, 4) is 0 Å². The minimum absolute atomic E-state index is 0.174. The van der Waals surface area contributed by atoms with Gasteiger partial charge >= 0.3 is 0 Å². The number of nitrogen functional groups attached to an aromatic ring is 1. The van der Waals surface area contributed by atoms with E-state index < -0.39 is 0 Å². The fourth-order valence-corrected chi connectivity index (χ4v) is 2.81. The zero-order valence-electron chi connectivity index (χ0n) is 13.1. The van der Waals surface area contributed by atoms with Crippen LogP contribution in [0.1, 0.15) is 13.8 Å². The topological polar surface area (TPSA) is 45.4 Å². The maximum atomic E-state index is 14.5. The first-order valence-electron chi connectivity index (χ1n) is 7.19. The van der Waals surface area contributed by atoms with E-state index >= 15 is 0 Å². The number of benzene rings is 1. The van der Waals surface area contributed by atoms with Crippen molar-refractivity contribution >= 4 is 22.3 Å². The SMILES string of the molecule is CCN(c1c(F)cc(N)c2cccnc12)C(C)CN(C)C. The van der Waals surface area contributed by atoms with Crippen molar-refractivity contribution in [1.82, 2.24) is 9.88 Å². The largest absolute Gasteiger partial charge is 0.398 e. The van der Waals surface area contributed by atoms with Crippen LogP contribution in [-0.4, -0.2) is 43.1 Å². The van der Waals surface area contributed by atoms with Crippen molar-refractivity contribution in [1.29, 1.82) is 0 Å². The van der Waals surface area contributed by atoms with Crippen molar-refractivity contribution in [2.24, 2.45) is 0 Å². The molecule has 1 aromatic heterocycles. The molecule has 2 rings (SSSR count). The van der Waals surface area contributed by atoms with Crippen molar-refractivity contribution in [2.45, 2.75) is 19.9 Å². The average molecular weight is 290 g/mol. The van der Waals surface area contributed by atoms with E-state index in [0.717, 1.165) is 11.9 Å². The molecule has 0 aliphatic carbocycles. The molecule has 0 bridgehead atoms. The molecule has 2 aromatic rings. The summed E-state index contributed by atoms with van der Waals surface area (Å²) in [5.74, 6) is -0.314. The van der Waals surface area contributed by atoms with Crippen molar-refractivity contribution in [3.63, 3.8) is 0 Å². The number of fused-ring (bicyclic) bond motifs is 1. The molecule has 1 aromatic carbocycles. The lowest BCUT2D eigenvalue weighted by Gasteiger charge is -2.33. The maximum absolute atomic E-state index is 14.5. The molecule has 21 heavy (non-hydrogen) atoms. The van der Waals surface area contributed by atoms with Gasteiger partial charge in [-0.1, -0.05) is 0 Å². The summed E-state index contributed by atoms with van der Waals surface area (Å²) >= 11 is 0. The maximum Gasteiger partial charge on any atom is 0.150 e. The number of likely N-dealkylation sites (N-methyl/N-ethyl adjacent to an activating group) is 2. The summed E-state index contributed by atoms with van der Waals surface area (Å²) in [6.45, 7) is 5.66. The Kier molecular flexibility index (Phi) is 4.63. The number of rotatable bonds is 5. The molecule has 0 radical (unpaired) electrons. The number of aromatic nitrogens is 1. The van der Waals surface area contributed by atoms with Gasteiger partial charge in [0.2, 0.25) is 0 Å². The molecule has 0 saturated heterocycles. The Bertz CT molecular complexity index is 627. The van der Waals surface area contributed by atoms with Crippen molar-refractivity contribution < 1.29 is 4.39 Å². The van der Waals surface area contributed by atoms with Crippen LogP contribution in [0.25, 0.3) is 10.9 Å². The first-order valence-corrected chi connectivity index (χ1v) is 7.19. The van der Waals surface area contributed by atoms with E-state index in [1.807, 2.05) is 38.1 Å². The van der Waals surface area contributed by atoms with Crippen LogP contribution < -0.4 is 10.6 Å². The highest BCUT2D eigenvalue weighted by Crippen LogP contribution is 2.33. The minimum Gasteiger partial charge on any atom is -0.398 e. The van der Waals surface area contributed by atoms with E-state index in [0.29, 0.717) is 23.4 Å². The molecule has 1 atom stereocenters. The predicted octanol–water partition coefficient (Wildman–Crippen LogP) is 2.73. The summed E-state index contributed by atoms with van der Waals surface area (Å²) in [7, 11) is 4.03. The van der Waals surface area contributed by atoms with Gasteiger partial charge in [0, 0.05) is 36.4 Å². The smallest absolute Gasteiger partial charge is 0.150 e. The Labute approximate surface area is 125 Å². The number of anilines is 2. The molecular formula is C16H23FN4. The number of nitrogens with zero attached hydrogens (tertiary/aromatic N) is 3. The molecule has 1 unspecified atom stereocenters. The second-order valence-corrected chi connectivity index (χ2v) is 5.59. The highest BCUT2D eigenvalue weighted by molar-refractivity contribution is 5.99. The summed E-state index contributed by atoms with van der Waals surface area (Å²) in [6.07, 6.45) is 1.68. The number of pyridine rings is 1. The Morgan fingerprint density at radius 2 is 2.10 bits per heavy atom. The quantitative estimate of drug-likeness (QED) is 0.860. The number of hydrogen-bond acceptors (Lipinski definition) is 4. The third-order valence-corrected chi connectivity index (χ3v) is 3.64. The van der Waals surface area contributed by atoms with Crippen LogP contribution in [-0.2, 0) is 0 Å². The van der Waals surface area contributed by atoms with Gasteiger partial charge in [-0.2, -0.15) is 0 Å². The Hall–Kier alpha value is -1.88. The van der Waals surface area contributed by atoms with E-state index in [1.165, 1.54) is 6.07 Å². The molecule has 0 fully saturated rings. The Morgan fingerprint density at radius 3 is 2.71 bits per heavy atom. The summed E-state index contributed by atoms with van der Waals surface area (Å²) in [5.41, 5.74) is 7.51. The van der Waals surface area contributed by atoms with Gasteiger partial charge in [0.05, 0.1) is 5.52 Å². The number of nitrogens with two attached hydrogens (primary N) is 1. The normalized spacial score (nSPS) is 12.9. The predicted molar refractivity (Wildman–Crippen MR) is 87.1 cm³/mol. The first kappa shape index (κ1) is 15.5. The molecular weight excluding hydrogens is 267 g/mol.